The first-order valence-electron chi connectivity index (χ1n) is 6.14. The van der Waals surface area contributed by atoms with Crippen LogP contribution in [0.3, 0.4) is 0 Å². The van der Waals surface area contributed by atoms with Gasteiger partial charge in [0.2, 0.25) is 0 Å². The summed E-state index contributed by atoms with van der Waals surface area (Å²) in [6, 6.07) is 5.09. The van der Waals surface area contributed by atoms with Crippen LogP contribution in [-0.4, -0.2) is 29.9 Å². The molecule has 2 rings (SSSR count). The van der Waals surface area contributed by atoms with Crippen molar-refractivity contribution in [1.29, 1.82) is 0 Å². The SMILES string of the molecule is C[C@@H]1CC(C)(C)OB(c2ccc(Br)cc2C(=O)O)O1. The van der Waals surface area contributed by atoms with Crippen LogP contribution in [0.4, 0.5) is 0 Å². The zero-order valence-electron chi connectivity index (χ0n) is 11.1. The minimum absolute atomic E-state index is 0.0269. The van der Waals surface area contributed by atoms with Crippen LogP contribution < -0.4 is 5.46 Å². The highest BCUT2D eigenvalue weighted by atomic mass is 79.9. The number of aromatic carboxylic acids is 1. The molecule has 0 aromatic heterocycles. The van der Waals surface area contributed by atoms with Crippen LogP contribution in [-0.2, 0) is 9.31 Å². The van der Waals surface area contributed by atoms with Crippen LogP contribution in [0.25, 0.3) is 0 Å². The zero-order valence-corrected chi connectivity index (χ0v) is 12.7. The molecule has 19 heavy (non-hydrogen) atoms. The smallest absolute Gasteiger partial charge is 0.478 e. The van der Waals surface area contributed by atoms with Crippen molar-refractivity contribution in [3.05, 3.63) is 28.2 Å². The molecule has 1 saturated heterocycles. The Morgan fingerprint density at radius 1 is 1.53 bits per heavy atom. The van der Waals surface area contributed by atoms with Gasteiger partial charge >= 0.3 is 13.1 Å². The van der Waals surface area contributed by atoms with Gasteiger partial charge in [-0.1, -0.05) is 22.0 Å². The van der Waals surface area contributed by atoms with E-state index in [1.165, 1.54) is 0 Å². The predicted octanol–water partition coefficient (Wildman–Crippen LogP) is 2.45. The van der Waals surface area contributed by atoms with Crippen LogP contribution in [0.15, 0.2) is 22.7 Å². The van der Waals surface area contributed by atoms with Gasteiger partial charge in [0, 0.05) is 10.6 Å². The number of hydrogen-bond donors (Lipinski definition) is 1. The van der Waals surface area contributed by atoms with Gasteiger partial charge in [-0.25, -0.2) is 4.79 Å². The lowest BCUT2D eigenvalue weighted by molar-refractivity contribution is -0.0231. The first-order valence-corrected chi connectivity index (χ1v) is 6.94. The number of carboxylic acid groups (broad SMARTS) is 1. The molecule has 1 atom stereocenters. The van der Waals surface area contributed by atoms with Crippen LogP contribution in [0, 0.1) is 0 Å². The molecule has 1 aliphatic rings. The van der Waals surface area contributed by atoms with Gasteiger partial charge in [0.1, 0.15) is 0 Å². The van der Waals surface area contributed by atoms with E-state index in [-0.39, 0.29) is 17.3 Å². The maximum absolute atomic E-state index is 11.3. The van der Waals surface area contributed by atoms with E-state index in [0.717, 1.165) is 10.9 Å². The summed E-state index contributed by atoms with van der Waals surface area (Å²) in [5.74, 6) is -0.987. The van der Waals surface area contributed by atoms with Gasteiger partial charge in [-0.05, 0) is 44.8 Å². The van der Waals surface area contributed by atoms with Gasteiger partial charge in [-0.15, -0.1) is 0 Å². The zero-order chi connectivity index (χ0) is 14.2. The van der Waals surface area contributed by atoms with E-state index >= 15 is 0 Å². The molecule has 1 aromatic rings. The maximum atomic E-state index is 11.3. The second-order valence-corrected chi connectivity index (χ2v) is 6.31. The molecule has 1 N–H and O–H groups in total. The van der Waals surface area contributed by atoms with Gasteiger partial charge < -0.3 is 14.4 Å². The third-order valence-electron chi connectivity index (χ3n) is 3.06. The largest absolute Gasteiger partial charge is 0.495 e. The van der Waals surface area contributed by atoms with E-state index < -0.39 is 13.1 Å². The summed E-state index contributed by atoms with van der Waals surface area (Å²) in [4.78, 5) is 11.3. The Labute approximate surface area is 121 Å². The van der Waals surface area contributed by atoms with Crippen molar-refractivity contribution in [2.24, 2.45) is 0 Å². The van der Waals surface area contributed by atoms with Crippen LogP contribution in [0.1, 0.15) is 37.6 Å². The lowest BCUT2D eigenvalue weighted by Gasteiger charge is -2.38. The topological polar surface area (TPSA) is 55.8 Å². The van der Waals surface area contributed by atoms with Crippen molar-refractivity contribution in [3.8, 4) is 0 Å². The lowest BCUT2D eigenvalue weighted by atomic mass is 9.72. The van der Waals surface area contributed by atoms with Gasteiger partial charge in [-0.2, -0.15) is 0 Å². The lowest BCUT2D eigenvalue weighted by Crippen LogP contribution is -2.53. The molecule has 1 aliphatic heterocycles. The molecular weight excluding hydrogens is 311 g/mol. The molecule has 102 valence electrons. The van der Waals surface area contributed by atoms with Gasteiger partial charge in [0.25, 0.3) is 0 Å². The number of carbonyl (C=O) groups is 1. The average Bonchev–Trinajstić information content (AvgIpc) is 2.25. The molecule has 0 bridgehead atoms. The molecule has 1 fully saturated rings. The number of carboxylic acids is 1. The molecule has 0 saturated carbocycles. The standard InChI is InChI=1S/C13H16BBrO4/c1-8-7-13(2,3)19-14(18-8)11-5-4-9(15)6-10(11)12(16)17/h4-6,8H,7H2,1-3H3,(H,16,17)/t8-/m1/s1. The van der Waals surface area contributed by atoms with Crippen LogP contribution in [0.5, 0.6) is 0 Å². The van der Waals surface area contributed by atoms with Crippen LogP contribution >= 0.6 is 15.9 Å². The first-order chi connectivity index (χ1) is 8.78. The van der Waals surface area contributed by atoms with Crippen molar-refractivity contribution in [1.82, 2.24) is 0 Å². The second-order valence-electron chi connectivity index (χ2n) is 5.40. The van der Waals surface area contributed by atoms with E-state index in [1.54, 1.807) is 18.2 Å². The van der Waals surface area contributed by atoms with E-state index in [2.05, 4.69) is 15.9 Å². The summed E-state index contributed by atoms with van der Waals surface area (Å²) in [5.41, 5.74) is 0.421. The van der Waals surface area contributed by atoms with Crippen molar-refractivity contribution < 1.29 is 19.2 Å². The number of rotatable bonds is 2. The highest BCUT2D eigenvalue weighted by Crippen LogP contribution is 2.26. The Balaban J connectivity index is 2.38. The Hall–Kier alpha value is -0.845. The maximum Gasteiger partial charge on any atom is 0.495 e. The highest BCUT2D eigenvalue weighted by Gasteiger charge is 2.39. The summed E-state index contributed by atoms with van der Waals surface area (Å²) >= 11 is 3.28. The van der Waals surface area contributed by atoms with Crippen LogP contribution in [0.2, 0.25) is 0 Å². The highest BCUT2D eigenvalue weighted by molar-refractivity contribution is 9.10. The molecule has 0 unspecified atom stereocenters. The summed E-state index contributed by atoms with van der Waals surface area (Å²) in [6.07, 6.45) is 0.807. The van der Waals surface area contributed by atoms with Crippen molar-refractivity contribution >= 4 is 34.5 Å². The number of hydrogen-bond acceptors (Lipinski definition) is 3. The monoisotopic (exact) mass is 326 g/mol. The molecule has 1 heterocycles. The molecule has 6 heteroatoms. The summed E-state index contributed by atoms with van der Waals surface area (Å²) in [6.45, 7) is 5.94. The third-order valence-corrected chi connectivity index (χ3v) is 3.55. The fourth-order valence-electron chi connectivity index (χ4n) is 2.37. The minimum Gasteiger partial charge on any atom is -0.478 e. The third kappa shape index (κ3) is 3.38. The Morgan fingerprint density at radius 3 is 2.79 bits per heavy atom. The molecule has 4 nitrogen and oxygen atoms in total. The predicted molar refractivity (Wildman–Crippen MR) is 76.8 cm³/mol. The van der Waals surface area contributed by atoms with E-state index in [4.69, 9.17) is 9.31 Å². The van der Waals surface area contributed by atoms with Crippen molar-refractivity contribution in [2.45, 2.75) is 38.9 Å². The van der Waals surface area contributed by atoms with Gasteiger partial charge in [-0.3, -0.25) is 0 Å². The summed E-state index contributed by atoms with van der Waals surface area (Å²) < 4.78 is 12.3. The summed E-state index contributed by atoms with van der Waals surface area (Å²) in [7, 11) is -0.641. The molecule has 0 radical (unpaired) electrons. The fourth-order valence-corrected chi connectivity index (χ4v) is 2.73. The van der Waals surface area contributed by atoms with Gasteiger partial charge in [0.15, 0.2) is 0 Å². The molecule has 1 aromatic carbocycles. The fraction of sp³-hybridized carbons (Fsp3) is 0.462. The Kier molecular flexibility index (Phi) is 4.04. The second kappa shape index (κ2) is 5.27. The average molecular weight is 327 g/mol. The minimum atomic E-state index is -0.987. The Bertz CT molecular complexity index is 503. The van der Waals surface area contributed by atoms with Crippen molar-refractivity contribution in [2.75, 3.05) is 0 Å². The Morgan fingerprint density at radius 2 is 2.21 bits per heavy atom. The van der Waals surface area contributed by atoms with Crippen molar-refractivity contribution in [3.63, 3.8) is 0 Å². The van der Waals surface area contributed by atoms with E-state index in [9.17, 15) is 9.90 Å². The molecule has 0 spiro atoms. The van der Waals surface area contributed by atoms with E-state index in [0.29, 0.717) is 5.46 Å². The molecule has 0 amide bonds. The summed E-state index contributed by atoms with van der Waals surface area (Å²) in [5, 5.41) is 9.28. The molecule has 0 aliphatic carbocycles. The first kappa shape index (κ1) is 14.6. The quantitative estimate of drug-likeness (QED) is 0.848. The molecular formula is C13H16BBrO4. The van der Waals surface area contributed by atoms with Gasteiger partial charge in [0.05, 0.1) is 11.2 Å². The normalized spacial score (nSPS) is 22.3. The number of benzene rings is 1. The number of halogens is 1. The van der Waals surface area contributed by atoms with E-state index in [1.807, 2.05) is 20.8 Å².